The molecular formula is C14H18F3NO5. The van der Waals surface area contributed by atoms with Crippen LogP contribution >= 0.6 is 0 Å². The van der Waals surface area contributed by atoms with Crippen molar-refractivity contribution in [2.45, 2.75) is 38.1 Å². The van der Waals surface area contributed by atoms with Gasteiger partial charge in [-0.05, 0) is 26.0 Å². The fourth-order valence-electron chi connectivity index (χ4n) is 1.85. The van der Waals surface area contributed by atoms with E-state index in [4.69, 9.17) is 4.42 Å². The maximum Gasteiger partial charge on any atom is 0.425 e. The van der Waals surface area contributed by atoms with Crippen LogP contribution in [0.3, 0.4) is 0 Å². The monoisotopic (exact) mass is 337 g/mol. The van der Waals surface area contributed by atoms with Gasteiger partial charge < -0.3 is 19.2 Å². The maximum absolute atomic E-state index is 13.2. The largest absolute Gasteiger partial charge is 0.463 e. The zero-order valence-corrected chi connectivity index (χ0v) is 13.1. The van der Waals surface area contributed by atoms with Gasteiger partial charge in [0, 0.05) is 14.1 Å². The topological polar surface area (TPSA) is 80.0 Å². The summed E-state index contributed by atoms with van der Waals surface area (Å²) >= 11 is 0. The Balaban J connectivity index is 2.95. The zero-order chi connectivity index (χ0) is 18.0. The van der Waals surface area contributed by atoms with Crippen LogP contribution in [0.2, 0.25) is 0 Å². The summed E-state index contributed by atoms with van der Waals surface area (Å²) in [5, 5.41) is 9.95. The van der Waals surface area contributed by atoms with Crippen LogP contribution in [0.5, 0.6) is 0 Å². The van der Waals surface area contributed by atoms with Crippen LogP contribution in [0.1, 0.15) is 24.9 Å². The first-order valence-corrected chi connectivity index (χ1v) is 6.65. The third-order valence-corrected chi connectivity index (χ3v) is 3.11. The van der Waals surface area contributed by atoms with Gasteiger partial charge in [-0.3, -0.25) is 9.59 Å². The molecule has 0 saturated heterocycles. The summed E-state index contributed by atoms with van der Waals surface area (Å²) < 4.78 is 49.0. The van der Waals surface area contributed by atoms with Gasteiger partial charge in [0.05, 0.1) is 6.42 Å². The molecule has 0 saturated carbocycles. The lowest BCUT2D eigenvalue weighted by Crippen LogP contribution is -2.45. The minimum absolute atomic E-state index is 0.146. The number of ether oxygens (including phenoxy) is 1. The predicted octanol–water partition coefficient (Wildman–Crippen LogP) is 1.75. The first-order valence-electron chi connectivity index (χ1n) is 6.65. The Kier molecular flexibility index (Phi) is 5.47. The SMILES string of the molecule is Cc1ccc([C@](O)(CC(=O)O[C@H](C)C(=O)N(C)C)C(F)(F)F)o1. The molecule has 1 amide bonds. The second-order valence-corrected chi connectivity index (χ2v) is 5.31. The van der Waals surface area contributed by atoms with Crippen molar-refractivity contribution in [2.75, 3.05) is 14.1 Å². The zero-order valence-electron chi connectivity index (χ0n) is 13.1. The molecule has 0 bridgehead atoms. The molecule has 6 nitrogen and oxygen atoms in total. The van der Waals surface area contributed by atoms with Gasteiger partial charge in [0.15, 0.2) is 6.10 Å². The number of aliphatic hydroxyl groups is 1. The van der Waals surface area contributed by atoms with Crippen molar-refractivity contribution in [1.82, 2.24) is 4.90 Å². The average Bonchev–Trinajstić information content (AvgIpc) is 2.83. The number of esters is 1. The van der Waals surface area contributed by atoms with Crippen LogP contribution in [-0.4, -0.2) is 48.3 Å². The number of aryl methyl sites for hydroxylation is 1. The Morgan fingerprint density at radius 2 is 1.91 bits per heavy atom. The smallest absolute Gasteiger partial charge is 0.425 e. The molecule has 1 aromatic rings. The quantitative estimate of drug-likeness (QED) is 0.828. The molecule has 0 spiro atoms. The molecule has 9 heteroatoms. The van der Waals surface area contributed by atoms with E-state index in [1.807, 2.05) is 0 Å². The summed E-state index contributed by atoms with van der Waals surface area (Å²) in [6.45, 7) is 2.63. The van der Waals surface area contributed by atoms with E-state index in [0.29, 0.717) is 0 Å². The highest BCUT2D eigenvalue weighted by molar-refractivity contribution is 5.83. The summed E-state index contributed by atoms with van der Waals surface area (Å²) in [7, 11) is 2.81. The van der Waals surface area contributed by atoms with Gasteiger partial charge in [-0.15, -0.1) is 0 Å². The second kappa shape index (κ2) is 6.61. The number of carbonyl (C=O) groups excluding carboxylic acids is 2. The van der Waals surface area contributed by atoms with Crippen LogP contribution in [0.25, 0.3) is 0 Å². The molecule has 2 atom stereocenters. The Labute approximate surface area is 130 Å². The number of furan rings is 1. The van der Waals surface area contributed by atoms with Crippen molar-refractivity contribution >= 4 is 11.9 Å². The van der Waals surface area contributed by atoms with Crippen molar-refractivity contribution in [3.05, 3.63) is 23.7 Å². The number of halogens is 3. The second-order valence-electron chi connectivity index (χ2n) is 5.31. The summed E-state index contributed by atoms with van der Waals surface area (Å²) in [5.74, 6) is -2.64. The number of alkyl halides is 3. The number of likely N-dealkylation sites (N-methyl/N-ethyl adjacent to an activating group) is 1. The molecule has 1 N–H and O–H groups in total. The molecule has 0 aliphatic rings. The number of amides is 1. The molecule has 23 heavy (non-hydrogen) atoms. The lowest BCUT2D eigenvalue weighted by molar-refractivity contribution is -0.275. The minimum atomic E-state index is -5.16. The third-order valence-electron chi connectivity index (χ3n) is 3.11. The lowest BCUT2D eigenvalue weighted by atomic mass is 9.96. The van der Waals surface area contributed by atoms with Gasteiger partial charge in [-0.25, -0.2) is 0 Å². The predicted molar refractivity (Wildman–Crippen MR) is 72.3 cm³/mol. The van der Waals surface area contributed by atoms with E-state index in [2.05, 4.69) is 4.74 Å². The number of nitrogens with zero attached hydrogens (tertiary/aromatic N) is 1. The van der Waals surface area contributed by atoms with E-state index >= 15 is 0 Å². The van der Waals surface area contributed by atoms with Gasteiger partial charge in [0.1, 0.15) is 11.5 Å². The van der Waals surface area contributed by atoms with Gasteiger partial charge in [0.2, 0.25) is 5.60 Å². The normalized spacial score (nSPS) is 15.7. The molecule has 1 heterocycles. The van der Waals surface area contributed by atoms with Crippen LogP contribution in [0, 0.1) is 6.92 Å². The first kappa shape index (κ1) is 19.0. The Hall–Kier alpha value is -2.03. The first-order chi connectivity index (χ1) is 10.4. The third kappa shape index (κ3) is 4.25. The Morgan fingerprint density at radius 1 is 1.35 bits per heavy atom. The van der Waals surface area contributed by atoms with Crippen molar-refractivity contribution < 1.29 is 37.0 Å². The Bertz CT molecular complexity index is 581. The fourth-order valence-corrected chi connectivity index (χ4v) is 1.85. The van der Waals surface area contributed by atoms with E-state index in [1.165, 1.54) is 34.0 Å². The maximum atomic E-state index is 13.2. The van der Waals surface area contributed by atoms with Crippen LogP contribution in [0.15, 0.2) is 16.5 Å². The molecule has 0 radical (unpaired) electrons. The van der Waals surface area contributed by atoms with E-state index in [1.54, 1.807) is 0 Å². The summed E-state index contributed by atoms with van der Waals surface area (Å²) in [6, 6.07) is 2.17. The minimum Gasteiger partial charge on any atom is -0.463 e. The van der Waals surface area contributed by atoms with Crippen molar-refractivity contribution in [1.29, 1.82) is 0 Å². The summed E-state index contributed by atoms with van der Waals surface area (Å²) in [4.78, 5) is 24.4. The Morgan fingerprint density at radius 3 is 2.30 bits per heavy atom. The van der Waals surface area contributed by atoms with Crippen molar-refractivity contribution in [2.24, 2.45) is 0 Å². The van der Waals surface area contributed by atoms with E-state index in [0.717, 1.165) is 11.0 Å². The van der Waals surface area contributed by atoms with Crippen LogP contribution in [0.4, 0.5) is 13.2 Å². The summed E-state index contributed by atoms with van der Waals surface area (Å²) in [5.41, 5.74) is -3.53. The standard InChI is InChI=1S/C14H18F3NO5/c1-8-5-6-10(22-8)13(21,14(15,16)17)7-11(19)23-9(2)12(20)18(3)4/h5-6,9,21H,7H2,1-4H3/t9-,13-/m1/s1. The molecule has 0 unspecified atom stereocenters. The van der Waals surface area contributed by atoms with Crippen molar-refractivity contribution in [3.63, 3.8) is 0 Å². The number of hydrogen-bond donors (Lipinski definition) is 1. The van der Waals surface area contributed by atoms with Gasteiger partial charge in [0.25, 0.3) is 5.91 Å². The van der Waals surface area contributed by atoms with Gasteiger partial charge in [-0.1, -0.05) is 0 Å². The molecule has 1 rings (SSSR count). The molecule has 0 aromatic carbocycles. The fraction of sp³-hybridized carbons (Fsp3) is 0.571. The lowest BCUT2D eigenvalue weighted by Gasteiger charge is -2.28. The van der Waals surface area contributed by atoms with E-state index in [-0.39, 0.29) is 5.76 Å². The highest BCUT2D eigenvalue weighted by Crippen LogP contribution is 2.42. The number of hydrogen-bond acceptors (Lipinski definition) is 5. The van der Waals surface area contributed by atoms with Gasteiger partial charge in [-0.2, -0.15) is 13.2 Å². The van der Waals surface area contributed by atoms with E-state index in [9.17, 15) is 27.9 Å². The molecule has 0 aliphatic carbocycles. The van der Waals surface area contributed by atoms with Gasteiger partial charge >= 0.3 is 12.1 Å². The van der Waals surface area contributed by atoms with Crippen molar-refractivity contribution in [3.8, 4) is 0 Å². The molecule has 0 aliphatic heterocycles. The average molecular weight is 337 g/mol. The molecule has 130 valence electrons. The molecule has 1 aromatic heterocycles. The summed E-state index contributed by atoms with van der Waals surface area (Å²) in [6.07, 6.45) is -7.85. The van der Waals surface area contributed by atoms with Crippen LogP contribution < -0.4 is 0 Å². The molecular weight excluding hydrogens is 319 g/mol. The number of rotatable bonds is 5. The highest BCUT2D eigenvalue weighted by atomic mass is 19.4. The highest BCUT2D eigenvalue weighted by Gasteiger charge is 2.58. The van der Waals surface area contributed by atoms with Crippen LogP contribution in [-0.2, 0) is 19.9 Å². The number of carbonyl (C=O) groups is 2. The molecule has 0 fully saturated rings. The van der Waals surface area contributed by atoms with E-state index < -0.39 is 41.9 Å².